The molecule has 0 saturated carbocycles. The van der Waals surface area contributed by atoms with Crippen LogP contribution in [0.15, 0.2) is 42.0 Å². The summed E-state index contributed by atoms with van der Waals surface area (Å²) < 4.78 is 0. The third-order valence-electron chi connectivity index (χ3n) is 2.56. The van der Waals surface area contributed by atoms with Crippen LogP contribution in [0.25, 0.3) is 5.70 Å². The molecule has 7 heteroatoms. The quantitative estimate of drug-likeness (QED) is 0.726. The number of nitrogens with one attached hydrogen (secondary N) is 2. The minimum absolute atomic E-state index is 0.0569. The SMILES string of the molecule is C=C(N/N=C1\NC(=O)C[C@@H](C(=O)O)S1)c1ccccc1. The average molecular weight is 291 g/mol. The van der Waals surface area contributed by atoms with Gasteiger partial charge in [-0.25, -0.2) is 0 Å². The number of aliphatic carboxylic acids is 1. The summed E-state index contributed by atoms with van der Waals surface area (Å²) in [5.41, 5.74) is 4.13. The highest BCUT2D eigenvalue weighted by Gasteiger charge is 2.29. The number of carboxylic acid groups (broad SMARTS) is 1. The Morgan fingerprint density at radius 1 is 1.45 bits per heavy atom. The normalized spacial score (nSPS) is 20.3. The first-order valence-corrected chi connectivity index (χ1v) is 6.71. The monoisotopic (exact) mass is 291 g/mol. The zero-order valence-corrected chi connectivity index (χ0v) is 11.3. The number of carbonyl (C=O) groups excluding carboxylic acids is 1. The first-order valence-electron chi connectivity index (χ1n) is 5.83. The molecule has 0 unspecified atom stereocenters. The van der Waals surface area contributed by atoms with Crippen molar-refractivity contribution in [3.05, 3.63) is 42.5 Å². The van der Waals surface area contributed by atoms with Crippen molar-refractivity contribution >= 4 is 34.5 Å². The van der Waals surface area contributed by atoms with Crippen LogP contribution in [0, 0.1) is 0 Å². The van der Waals surface area contributed by atoms with E-state index in [9.17, 15) is 9.59 Å². The third-order valence-corrected chi connectivity index (χ3v) is 3.63. The molecule has 0 spiro atoms. The van der Waals surface area contributed by atoms with Gasteiger partial charge in [0.2, 0.25) is 5.91 Å². The molecule has 0 aliphatic carbocycles. The summed E-state index contributed by atoms with van der Waals surface area (Å²) in [5.74, 6) is -1.39. The molecule has 0 aromatic heterocycles. The Morgan fingerprint density at radius 2 is 2.15 bits per heavy atom. The van der Waals surface area contributed by atoms with Crippen LogP contribution in [0.2, 0.25) is 0 Å². The van der Waals surface area contributed by atoms with E-state index in [0.717, 1.165) is 17.3 Å². The Kier molecular flexibility index (Phi) is 4.41. The van der Waals surface area contributed by atoms with E-state index in [1.807, 2.05) is 30.3 Å². The highest BCUT2D eigenvalue weighted by molar-refractivity contribution is 8.15. The lowest BCUT2D eigenvalue weighted by atomic mass is 10.2. The predicted octanol–water partition coefficient (Wildman–Crippen LogP) is 1.22. The van der Waals surface area contributed by atoms with E-state index in [1.54, 1.807) is 0 Å². The van der Waals surface area contributed by atoms with Crippen LogP contribution < -0.4 is 10.7 Å². The third kappa shape index (κ3) is 3.61. The molecule has 1 amide bonds. The number of hydrogen-bond donors (Lipinski definition) is 3. The van der Waals surface area contributed by atoms with Gasteiger partial charge in [-0.05, 0) is 5.56 Å². The Hall–Kier alpha value is -2.28. The van der Waals surface area contributed by atoms with Crippen molar-refractivity contribution in [2.24, 2.45) is 5.10 Å². The number of hydrogen-bond acceptors (Lipinski definition) is 5. The van der Waals surface area contributed by atoms with E-state index >= 15 is 0 Å². The minimum atomic E-state index is -1.03. The van der Waals surface area contributed by atoms with Gasteiger partial charge in [-0.2, -0.15) is 0 Å². The van der Waals surface area contributed by atoms with E-state index in [2.05, 4.69) is 22.4 Å². The zero-order chi connectivity index (χ0) is 14.5. The molecule has 1 saturated heterocycles. The Bertz CT molecular complexity index is 571. The van der Waals surface area contributed by atoms with E-state index in [-0.39, 0.29) is 17.5 Å². The number of nitrogens with zero attached hydrogens (tertiary/aromatic N) is 1. The van der Waals surface area contributed by atoms with Crippen molar-refractivity contribution in [2.75, 3.05) is 0 Å². The zero-order valence-electron chi connectivity index (χ0n) is 10.5. The van der Waals surface area contributed by atoms with Gasteiger partial charge >= 0.3 is 5.97 Å². The second-order valence-corrected chi connectivity index (χ2v) is 5.26. The number of amides is 1. The first-order chi connectivity index (χ1) is 9.56. The van der Waals surface area contributed by atoms with Crippen molar-refractivity contribution in [2.45, 2.75) is 11.7 Å². The van der Waals surface area contributed by atoms with Gasteiger partial charge in [0.25, 0.3) is 0 Å². The number of benzene rings is 1. The molecule has 6 nitrogen and oxygen atoms in total. The highest BCUT2D eigenvalue weighted by Crippen LogP contribution is 2.20. The number of carbonyl (C=O) groups is 2. The number of hydrazone groups is 1. The maximum atomic E-state index is 11.4. The van der Waals surface area contributed by atoms with E-state index < -0.39 is 11.2 Å². The molecule has 1 aromatic rings. The van der Waals surface area contributed by atoms with Crippen molar-refractivity contribution in [3.8, 4) is 0 Å². The van der Waals surface area contributed by atoms with Crippen molar-refractivity contribution < 1.29 is 14.7 Å². The molecule has 0 bridgehead atoms. The molecule has 3 N–H and O–H groups in total. The molecule has 0 radical (unpaired) electrons. The van der Waals surface area contributed by atoms with Gasteiger partial charge in [0.15, 0.2) is 5.17 Å². The van der Waals surface area contributed by atoms with Gasteiger partial charge in [-0.3, -0.25) is 15.0 Å². The molecule has 104 valence electrons. The second-order valence-electron chi connectivity index (χ2n) is 4.07. The molecular formula is C13H13N3O3S. The number of carboxylic acids is 1. The van der Waals surface area contributed by atoms with Crippen LogP contribution in [0.4, 0.5) is 0 Å². The van der Waals surface area contributed by atoms with Gasteiger partial charge in [0.05, 0.1) is 5.70 Å². The first kappa shape index (κ1) is 14.1. The van der Waals surface area contributed by atoms with Gasteiger partial charge in [0, 0.05) is 6.42 Å². The van der Waals surface area contributed by atoms with Crippen LogP contribution in [-0.4, -0.2) is 27.4 Å². The summed E-state index contributed by atoms with van der Waals surface area (Å²) in [6.45, 7) is 3.83. The van der Waals surface area contributed by atoms with Gasteiger partial charge in [-0.15, -0.1) is 5.10 Å². The van der Waals surface area contributed by atoms with Crippen molar-refractivity contribution in [1.29, 1.82) is 0 Å². The fraction of sp³-hybridized carbons (Fsp3) is 0.154. The lowest BCUT2D eigenvalue weighted by Gasteiger charge is -2.19. The van der Waals surface area contributed by atoms with E-state index in [4.69, 9.17) is 5.11 Å². The molecule has 1 aliphatic rings. The molecule has 1 atom stereocenters. The lowest BCUT2D eigenvalue weighted by Crippen LogP contribution is -2.40. The maximum absolute atomic E-state index is 11.4. The molecular weight excluding hydrogens is 278 g/mol. The van der Waals surface area contributed by atoms with Gasteiger partial charge < -0.3 is 10.4 Å². The maximum Gasteiger partial charge on any atom is 0.317 e. The Balaban J connectivity index is 2.02. The van der Waals surface area contributed by atoms with Crippen LogP contribution in [0.3, 0.4) is 0 Å². The van der Waals surface area contributed by atoms with Crippen LogP contribution in [0.5, 0.6) is 0 Å². The second kappa shape index (κ2) is 6.25. The Labute approximate surface area is 119 Å². The van der Waals surface area contributed by atoms with Crippen molar-refractivity contribution in [1.82, 2.24) is 10.7 Å². The minimum Gasteiger partial charge on any atom is -0.480 e. The fourth-order valence-corrected chi connectivity index (χ4v) is 2.43. The number of rotatable bonds is 4. The number of amidine groups is 1. The summed E-state index contributed by atoms with van der Waals surface area (Å²) in [6.07, 6.45) is -0.0569. The van der Waals surface area contributed by atoms with E-state index in [0.29, 0.717) is 5.70 Å². The van der Waals surface area contributed by atoms with Crippen LogP contribution in [-0.2, 0) is 9.59 Å². The lowest BCUT2D eigenvalue weighted by molar-refractivity contribution is -0.138. The smallest absolute Gasteiger partial charge is 0.317 e. The molecule has 1 fully saturated rings. The topological polar surface area (TPSA) is 90.8 Å². The standard InChI is InChI=1S/C13H13N3O3S/c1-8(9-5-3-2-4-6-9)15-16-13-14-11(17)7-10(20-13)12(18)19/h2-6,10,15H,1,7H2,(H,18,19)(H,14,16,17)/t10-/m0/s1. The summed E-state index contributed by atoms with van der Waals surface area (Å²) >= 11 is 0.995. The van der Waals surface area contributed by atoms with Crippen LogP contribution in [0.1, 0.15) is 12.0 Å². The molecule has 1 heterocycles. The van der Waals surface area contributed by atoms with Gasteiger partial charge in [0.1, 0.15) is 5.25 Å². The number of thioether (sulfide) groups is 1. The average Bonchev–Trinajstić information content (AvgIpc) is 2.45. The summed E-state index contributed by atoms with van der Waals surface area (Å²) in [7, 11) is 0. The molecule has 20 heavy (non-hydrogen) atoms. The van der Waals surface area contributed by atoms with Gasteiger partial charge in [-0.1, -0.05) is 48.7 Å². The highest BCUT2D eigenvalue weighted by atomic mass is 32.2. The summed E-state index contributed by atoms with van der Waals surface area (Å²) in [6, 6.07) is 9.35. The summed E-state index contributed by atoms with van der Waals surface area (Å²) in [5, 5.41) is 14.8. The van der Waals surface area contributed by atoms with Crippen LogP contribution >= 0.6 is 11.8 Å². The predicted molar refractivity (Wildman–Crippen MR) is 77.8 cm³/mol. The van der Waals surface area contributed by atoms with E-state index in [1.165, 1.54) is 0 Å². The molecule has 2 rings (SSSR count). The fourth-order valence-electron chi connectivity index (χ4n) is 1.56. The summed E-state index contributed by atoms with van der Waals surface area (Å²) in [4.78, 5) is 22.3. The largest absolute Gasteiger partial charge is 0.480 e. The Morgan fingerprint density at radius 3 is 2.80 bits per heavy atom. The molecule has 1 aromatic carbocycles. The van der Waals surface area contributed by atoms with Crippen molar-refractivity contribution in [3.63, 3.8) is 0 Å². The molecule has 1 aliphatic heterocycles.